The predicted octanol–water partition coefficient (Wildman–Crippen LogP) is 2.86. The number of hydrogen-bond acceptors (Lipinski definition) is 5. The molecule has 0 saturated carbocycles. The molecule has 7 nitrogen and oxygen atoms in total. The Labute approximate surface area is 158 Å². The number of sulfonamides is 1. The zero-order chi connectivity index (χ0) is 20.2. The largest absolute Gasteiger partial charge is 0.449 e. The van der Waals surface area contributed by atoms with Gasteiger partial charge in [0.05, 0.1) is 17.5 Å². The number of para-hydroxylation sites is 1. The van der Waals surface area contributed by atoms with Crippen LogP contribution in [0.4, 0.5) is 11.4 Å². The second kappa shape index (κ2) is 8.22. The lowest BCUT2D eigenvalue weighted by Crippen LogP contribution is -2.30. The van der Waals surface area contributed by atoms with E-state index in [9.17, 15) is 18.0 Å². The van der Waals surface area contributed by atoms with Crippen LogP contribution in [-0.4, -0.2) is 32.7 Å². The van der Waals surface area contributed by atoms with Gasteiger partial charge < -0.3 is 10.1 Å². The van der Waals surface area contributed by atoms with Crippen molar-refractivity contribution in [2.45, 2.75) is 26.9 Å². The molecule has 1 atom stereocenters. The molecule has 144 valence electrons. The smallest absolute Gasteiger partial charge is 0.341 e. The van der Waals surface area contributed by atoms with Gasteiger partial charge in [0.25, 0.3) is 5.91 Å². The molecule has 0 aliphatic carbocycles. The van der Waals surface area contributed by atoms with Crippen LogP contribution in [0, 0.1) is 13.8 Å². The zero-order valence-corrected chi connectivity index (χ0v) is 16.4. The lowest BCUT2D eigenvalue weighted by atomic mass is 10.1. The maximum atomic E-state index is 12.4. The summed E-state index contributed by atoms with van der Waals surface area (Å²) < 4.78 is 30.3. The second-order valence-electron chi connectivity index (χ2n) is 6.27. The molecule has 0 saturated heterocycles. The van der Waals surface area contributed by atoms with E-state index in [1.54, 1.807) is 18.2 Å². The third-order valence-electron chi connectivity index (χ3n) is 3.74. The highest BCUT2D eigenvalue weighted by Crippen LogP contribution is 2.19. The Bertz CT molecular complexity index is 970. The fourth-order valence-electron chi connectivity index (χ4n) is 2.42. The Morgan fingerprint density at radius 3 is 2.33 bits per heavy atom. The van der Waals surface area contributed by atoms with Crippen molar-refractivity contribution in [1.29, 1.82) is 0 Å². The molecule has 0 radical (unpaired) electrons. The Kier molecular flexibility index (Phi) is 6.22. The van der Waals surface area contributed by atoms with Crippen LogP contribution in [0.25, 0.3) is 0 Å². The first kappa shape index (κ1) is 20.4. The SMILES string of the molecule is Cc1ccc(NC(=O)[C@@H](C)OC(=O)c2ccccc2NS(C)(=O)=O)c(C)c1. The fraction of sp³-hybridized carbons (Fsp3) is 0.263. The number of esters is 1. The highest BCUT2D eigenvalue weighted by molar-refractivity contribution is 7.92. The standard InChI is InChI=1S/C19H22N2O5S/c1-12-9-10-16(13(2)11-12)20-18(22)14(3)26-19(23)15-7-5-6-8-17(15)21-27(4,24)25/h5-11,14,21H,1-4H3,(H,20,22)/t14-/m1/s1. The maximum Gasteiger partial charge on any atom is 0.341 e. The van der Waals surface area contributed by atoms with E-state index in [2.05, 4.69) is 10.0 Å². The van der Waals surface area contributed by atoms with Crippen molar-refractivity contribution in [3.05, 3.63) is 59.2 Å². The number of carbonyl (C=O) groups is 2. The van der Waals surface area contributed by atoms with E-state index in [0.29, 0.717) is 5.69 Å². The molecule has 0 spiro atoms. The summed E-state index contributed by atoms with van der Waals surface area (Å²) in [5, 5.41) is 2.72. The van der Waals surface area contributed by atoms with E-state index < -0.39 is 28.0 Å². The molecule has 2 aromatic carbocycles. The van der Waals surface area contributed by atoms with Crippen molar-refractivity contribution in [3.63, 3.8) is 0 Å². The van der Waals surface area contributed by atoms with Gasteiger partial charge in [0.2, 0.25) is 10.0 Å². The summed E-state index contributed by atoms with van der Waals surface area (Å²) in [7, 11) is -3.56. The first-order chi connectivity index (χ1) is 12.6. The third-order valence-corrected chi connectivity index (χ3v) is 4.33. The van der Waals surface area contributed by atoms with Crippen molar-refractivity contribution in [2.75, 3.05) is 16.3 Å². The molecule has 2 rings (SSSR count). The van der Waals surface area contributed by atoms with Gasteiger partial charge in [-0.15, -0.1) is 0 Å². The second-order valence-corrected chi connectivity index (χ2v) is 8.02. The molecule has 0 heterocycles. The van der Waals surface area contributed by atoms with Gasteiger partial charge in [-0.25, -0.2) is 13.2 Å². The van der Waals surface area contributed by atoms with Gasteiger partial charge in [-0.05, 0) is 44.5 Å². The highest BCUT2D eigenvalue weighted by Gasteiger charge is 2.22. The number of carbonyl (C=O) groups excluding carboxylic acids is 2. The summed E-state index contributed by atoms with van der Waals surface area (Å²) in [5.41, 5.74) is 2.71. The Morgan fingerprint density at radius 1 is 1.04 bits per heavy atom. The minimum Gasteiger partial charge on any atom is -0.449 e. The minimum absolute atomic E-state index is 0.0223. The molecule has 1 amide bonds. The molecule has 0 aliphatic rings. The van der Waals surface area contributed by atoms with Crippen LogP contribution in [0.1, 0.15) is 28.4 Å². The van der Waals surface area contributed by atoms with Crippen molar-refractivity contribution in [3.8, 4) is 0 Å². The summed E-state index contributed by atoms with van der Waals surface area (Å²) in [5.74, 6) is -1.28. The lowest BCUT2D eigenvalue weighted by molar-refractivity contribution is -0.123. The van der Waals surface area contributed by atoms with Crippen LogP contribution in [0.15, 0.2) is 42.5 Å². The summed E-state index contributed by atoms with van der Waals surface area (Å²) in [6, 6.07) is 11.6. The van der Waals surface area contributed by atoms with Crippen LogP contribution in [0.5, 0.6) is 0 Å². The van der Waals surface area contributed by atoms with Gasteiger partial charge >= 0.3 is 5.97 Å². The van der Waals surface area contributed by atoms with E-state index in [1.165, 1.54) is 19.1 Å². The Morgan fingerprint density at radius 2 is 1.70 bits per heavy atom. The lowest BCUT2D eigenvalue weighted by Gasteiger charge is -2.16. The van der Waals surface area contributed by atoms with Gasteiger partial charge in [-0.3, -0.25) is 9.52 Å². The topological polar surface area (TPSA) is 102 Å². The van der Waals surface area contributed by atoms with E-state index >= 15 is 0 Å². The number of amides is 1. The van der Waals surface area contributed by atoms with E-state index in [1.807, 2.05) is 26.0 Å². The van der Waals surface area contributed by atoms with Crippen molar-refractivity contribution in [2.24, 2.45) is 0 Å². The Balaban J connectivity index is 2.10. The number of nitrogens with one attached hydrogen (secondary N) is 2. The monoisotopic (exact) mass is 390 g/mol. The molecule has 0 fully saturated rings. The van der Waals surface area contributed by atoms with Crippen molar-refractivity contribution >= 4 is 33.3 Å². The van der Waals surface area contributed by atoms with Crippen LogP contribution < -0.4 is 10.0 Å². The average Bonchev–Trinajstić information content (AvgIpc) is 2.56. The molecule has 2 N–H and O–H groups in total. The van der Waals surface area contributed by atoms with Gasteiger partial charge in [-0.1, -0.05) is 29.8 Å². The van der Waals surface area contributed by atoms with Gasteiger partial charge in [-0.2, -0.15) is 0 Å². The van der Waals surface area contributed by atoms with E-state index in [0.717, 1.165) is 17.4 Å². The molecular formula is C19H22N2O5S. The molecule has 0 aliphatic heterocycles. The minimum atomic E-state index is -3.56. The van der Waals surface area contributed by atoms with Gasteiger partial charge in [0, 0.05) is 5.69 Å². The first-order valence-corrected chi connectivity index (χ1v) is 10.1. The summed E-state index contributed by atoms with van der Waals surface area (Å²) in [6.07, 6.45) is -0.0840. The number of benzene rings is 2. The zero-order valence-electron chi connectivity index (χ0n) is 15.6. The number of hydrogen-bond donors (Lipinski definition) is 2. The third kappa shape index (κ3) is 5.82. The highest BCUT2D eigenvalue weighted by atomic mass is 32.2. The van der Waals surface area contributed by atoms with Crippen LogP contribution in [-0.2, 0) is 19.6 Å². The van der Waals surface area contributed by atoms with Crippen LogP contribution >= 0.6 is 0 Å². The molecule has 8 heteroatoms. The number of aryl methyl sites for hydroxylation is 2. The molecule has 0 bridgehead atoms. The van der Waals surface area contributed by atoms with E-state index in [-0.39, 0.29) is 11.3 Å². The molecular weight excluding hydrogens is 368 g/mol. The van der Waals surface area contributed by atoms with Crippen LogP contribution in [0.3, 0.4) is 0 Å². The first-order valence-electron chi connectivity index (χ1n) is 8.23. The average molecular weight is 390 g/mol. The maximum absolute atomic E-state index is 12.4. The predicted molar refractivity (Wildman–Crippen MR) is 104 cm³/mol. The summed E-state index contributed by atoms with van der Waals surface area (Å²) >= 11 is 0. The number of ether oxygens (including phenoxy) is 1. The van der Waals surface area contributed by atoms with Gasteiger partial charge in [0.1, 0.15) is 0 Å². The Hall–Kier alpha value is -2.87. The summed E-state index contributed by atoms with van der Waals surface area (Å²) in [4.78, 5) is 24.7. The molecule has 0 unspecified atom stereocenters. The van der Waals surface area contributed by atoms with Gasteiger partial charge in [0.15, 0.2) is 6.10 Å². The van der Waals surface area contributed by atoms with Crippen LogP contribution in [0.2, 0.25) is 0 Å². The summed E-state index contributed by atoms with van der Waals surface area (Å²) in [6.45, 7) is 5.26. The fourth-order valence-corrected chi connectivity index (χ4v) is 2.99. The number of rotatable bonds is 6. The van der Waals surface area contributed by atoms with E-state index in [4.69, 9.17) is 4.74 Å². The number of anilines is 2. The molecule has 27 heavy (non-hydrogen) atoms. The van der Waals surface area contributed by atoms with Crippen molar-refractivity contribution < 1.29 is 22.7 Å². The quantitative estimate of drug-likeness (QED) is 0.739. The molecule has 2 aromatic rings. The molecule has 0 aromatic heterocycles. The van der Waals surface area contributed by atoms with Crippen molar-refractivity contribution in [1.82, 2.24) is 0 Å². The normalized spacial score (nSPS) is 12.1.